The number of hydrogen-bond acceptors (Lipinski definition) is 3. The van der Waals surface area contributed by atoms with E-state index in [0.29, 0.717) is 16.6 Å². The molecule has 90 valence electrons. The van der Waals surface area contributed by atoms with Crippen LogP contribution in [0.15, 0.2) is 10.9 Å². The molecule has 1 aromatic heterocycles. The van der Waals surface area contributed by atoms with Crippen LogP contribution in [0.1, 0.15) is 25.7 Å². The molecule has 2 fully saturated rings. The van der Waals surface area contributed by atoms with Crippen molar-refractivity contribution in [2.45, 2.75) is 38.3 Å². The number of anilines is 1. The van der Waals surface area contributed by atoms with Gasteiger partial charge in [-0.15, -0.1) is 0 Å². The molecular formula is C12H14ClN3O. The van der Waals surface area contributed by atoms with E-state index in [-0.39, 0.29) is 5.69 Å². The molecule has 4 nitrogen and oxygen atoms in total. The molecule has 0 amide bonds. The van der Waals surface area contributed by atoms with Gasteiger partial charge in [-0.2, -0.15) is 4.98 Å². The van der Waals surface area contributed by atoms with E-state index in [1.165, 1.54) is 25.7 Å². The molecule has 4 rings (SSSR count). The quantitative estimate of drug-likeness (QED) is 0.659. The predicted molar refractivity (Wildman–Crippen MR) is 65.5 cm³/mol. The third kappa shape index (κ3) is 1.36. The second-order valence-corrected chi connectivity index (χ2v) is 6.02. The normalized spacial score (nSPS) is 28.1. The molecule has 2 aliphatic heterocycles. The zero-order valence-electron chi connectivity index (χ0n) is 9.53. The van der Waals surface area contributed by atoms with E-state index in [1.807, 2.05) is 6.07 Å². The van der Waals surface area contributed by atoms with Crippen LogP contribution in [0.3, 0.4) is 0 Å². The van der Waals surface area contributed by atoms with Crippen LogP contribution in [0.25, 0.3) is 0 Å². The first kappa shape index (κ1) is 9.95. The molecule has 1 atom stereocenters. The summed E-state index contributed by atoms with van der Waals surface area (Å²) in [5, 5.41) is 0.314. The van der Waals surface area contributed by atoms with E-state index in [9.17, 15) is 4.79 Å². The maximum atomic E-state index is 11.8. The smallest absolute Gasteiger partial charge is 0.350 e. The lowest BCUT2D eigenvalue weighted by molar-refractivity contribution is 0.321. The van der Waals surface area contributed by atoms with Gasteiger partial charge in [0.15, 0.2) is 0 Å². The van der Waals surface area contributed by atoms with Crippen molar-refractivity contribution in [3.05, 3.63) is 21.7 Å². The van der Waals surface area contributed by atoms with Crippen LogP contribution >= 0.6 is 11.6 Å². The Morgan fingerprint density at radius 3 is 3.00 bits per heavy atom. The Labute approximate surface area is 104 Å². The van der Waals surface area contributed by atoms with Gasteiger partial charge in [0.2, 0.25) is 0 Å². The van der Waals surface area contributed by atoms with Gasteiger partial charge < -0.3 is 4.90 Å². The van der Waals surface area contributed by atoms with Gasteiger partial charge in [-0.05, 0) is 31.1 Å². The summed E-state index contributed by atoms with van der Waals surface area (Å²) >= 11 is 5.88. The minimum absolute atomic E-state index is 0.202. The molecule has 17 heavy (non-hydrogen) atoms. The molecule has 0 radical (unpaired) electrons. The Bertz CT molecular complexity index is 549. The zero-order valence-corrected chi connectivity index (χ0v) is 10.3. The molecule has 0 bridgehead atoms. The Morgan fingerprint density at radius 2 is 2.24 bits per heavy atom. The lowest BCUT2D eigenvalue weighted by Gasteiger charge is -2.35. The Hall–Kier alpha value is -1.03. The predicted octanol–water partition coefficient (Wildman–Crippen LogP) is 1.66. The van der Waals surface area contributed by atoms with E-state index in [1.54, 1.807) is 4.57 Å². The number of rotatable bonds is 0. The van der Waals surface area contributed by atoms with Crippen molar-refractivity contribution in [1.82, 2.24) is 9.55 Å². The van der Waals surface area contributed by atoms with Crippen molar-refractivity contribution in [3.63, 3.8) is 0 Å². The number of piperidine rings is 1. The highest BCUT2D eigenvalue weighted by atomic mass is 35.5. The molecule has 1 saturated carbocycles. The summed E-state index contributed by atoms with van der Waals surface area (Å²) in [7, 11) is 0. The molecule has 0 N–H and O–H groups in total. The Balaban J connectivity index is 1.76. The van der Waals surface area contributed by atoms with Gasteiger partial charge in [0.05, 0.1) is 0 Å². The monoisotopic (exact) mass is 251 g/mol. The number of hydrogen-bond donors (Lipinski definition) is 0. The van der Waals surface area contributed by atoms with Crippen LogP contribution in [0.5, 0.6) is 0 Å². The van der Waals surface area contributed by atoms with Gasteiger partial charge in [-0.25, -0.2) is 4.79 Å². The lowest BCUT2D eigenvalue weighted by atomic mass is 9.88. The highest BCUT2D eigenvalue weighted by Crippen LogP contribution is 2.56. The van der Waals surface area contributed by atoms with Gasteiger partial charge in [-0.3, -0.25) is 4.57 Å². The third-order valence-corrected chi connectivity index (χ3v) is 4.79. The lowest BCUT2D eigenvalue weighted by Crippen LogP contribution is -2.40. The number of nitrogens with zero attached hydrogens (tertiary/aromatic N) is 3. The van der Waals surface area contributed by atoms with E-state index < -0.39 is 0 Å². The van der Waals surface area contributed by atoms with Crippen molar-refractivity contribution in [1.29, 1.82) is 0 Å². The van der Waals surface area contributed by atoms with Crippen molar-refractivity contribution in [2.24, 2.45) is 5.41 Å². The van der Waals surface area contributed by atoms with Crippen LogP contribution in [0, 0.1) is 5.41 Å². The summed E-state index contributed by atoms with van der Waals surface area (Å²) in [6.07, 6.45) is 5.24. The summed E-state index contributed by atoms with van der Waals surface area (Å²) in [6, 6.07) is 2.31. The second-order valence-electron chi connectivity index (χ2n) is 5.63. The maximum Gasteiger partial charge on any atom is 0.350 e. The molecular weight excluding hydrogens is 238 g/mol. The summed E-state index contributed by atoms with van der Waals surface area (Å²) in [4.78, 5) is 17.9. The minimum Gasteiger partial charge on any atom is -0.353 e. The van der Waals surface area contributed by atoms with E-state index in [0.717, 1.165) is 18.9 Å². The van der Waals surface area contributed by atoms with Crippen LogP contribution in [0.2, 0.25) is 5.15 Å². The van der Waals surface area contributed by atoms with Gasteiger partial charge >= 0.3 is 5.69 Å². The fraction of sp³-hybridized carbons (Fsp3) is 0.667. The van der Waals surface area contributed by atoms with E-state index in [4.69, 9.17) is 11.6 Å². The molecule has 1 aliphatic carbocycles. The topological polar surface area (TPSA) is 38.1 Å². The molecule has 1 saturated heterocycles. The first-order valence-corrected chi connectivity index (χ1v) is 6.59. The van der Waals surface area contributed by atoms with Crippen LogP contribution in [-0.4, -0.2) is 22.1 Å². The van der Waals surface area contributed by atoms with Crippen LogP contribution in [-0.2, 0) is 6.54 Å². The molecule has 3 heterocycles. The highest BCUT2D eigenvalue weighted by Gasteiger charge is 2.50. The van der Waals surface area contributed by atoms with Crippen molar-refractivity contribution in [3.8, 4) is 0 Å². The summed E-state index contributed by atoms with van der Waals surface area (Å²) in [5.74, 6) is 0.968. The average Bonchev–Trinajstić information content (AvgIpc) is 2.91. The van der Waals surface area contributed by atoms with Crippen LogP contribution < -0.4 is 10.6 Å². The summed E-state index contributed by atoms with van der Waals surface area (Å²) in [6.45, 7) is 1.85. The Kier molecular flexibility index (Phi) is 1.78. The number of fused-ring (bicyclic) bond motifs is 3. The van der Waals surface area contributed by atoms with Gasteiger partial charge in [0, 0.05) is 25.2 Å². The largest absolute Gasteiger partial charge is 0.353 e. The number of halogens is 1. The fourth-order valence-electron chi connectivity index (χ4n) is 3.43. The standard InChI is InChI=1S/C12H14ClN3O/c13-9-5-10-15-4-3-12(1-2-12)6-8(15)7-16(10)11(17)14-9/h5,8H,1-4,6-7H2. The zero-order chi connectivity index (χ0) is 11.6. The van der Waals surface area contributed by atoms with Gasteiger partial charge in [0.25, 0.3) is 0 Å². The van der Waals surface area contributed by atoms with Crippen molar-refractivity contribution < 1.29 is 0 Å². The number of aromatic nitrogens is 2. The third-order valence-electron chi connectivity index (χ3n) is 4.60. The molecule has 5 heteroatoms. The van der Waals surface area contributed by atoms with E-state index >= 15 is 0 Å². The molecule has 3 aliphatic rings. The fourth-order valence-corrected chi connectivity index (χ4v) is 3.60. The molecule has 1 spiro atoms. The average molecular weight is 252 g/mol. The first-order valence-electron chi connectivity index (χ1n) is 6.21. The maximum absolute atomic E-state index is 11.8. The second kappa shape index (κ2) is 3.05. The van der Waals surface area contributed by atoms with E-state index in [2.05, 4.69) is 9.88 Å². The minimum atomic E-state index is -0.202. The van der Waals surface area contributed by atoms with Crippen molar-refractivity contribution >= 4 is 17.4 Å². The SMILES string of the molecule is O=c1nc(Cl)cc2n1CC1CC3(CCN21)CC3. The molecule has 1 aromatic rings. The summed E-state index contributed by atoms with van der Waals surface area (Å²) in [5.41, 5.74) is 0.413. The molecule has 1 unspecified atom stereocenters. The highest BCUT2D eigenvalue weighted by molar-refractivity contribution is 6.29. The first-order chi connectivity index (χ1) is 8.17. The Morgan fingerprint density at radius 1 is 1.41 bits per heavy atom. The van der Waals surface area contributed by atoms with Gasteiger partial charge in [-0.1, -0.05) is 11.6 Å². The van der Waals surface area contributed by atoms with Gasteiger partial charge in [0.1, 0.15) is 11.0 Å². The summed E-state index contributed by atoms with van der Waals surface area (Å²) < 4.78 is 1.78. The van der Waals surface area contributed by atoms with Crippen molar-refractivity contribution in [2.75, 3.05) is 11.4 Å². The van der Waals surface area contributed by atoms with Crippen LogP contribution in [0.4, 0.5) is 5.82 Å². The molecule has 0 aromatic carbocycles.